The van der Waals surface area contributed by atoms with Gasteiger partial charge in [0.1, 0.15) is 11.8 Å². The summed E-state index contributed by atoms with van der Waals surface area (Å²) in [6, 6.07) is 6.25. The topological polar surface area (TPSA) is 41.9 Å². The van der Waals surface area contributed by atoms with Gasteiger partial charge in [-0.3, -0.25) is 0 Å². The van der Waals surface area contributed by atoms with Crippen molar-refractivity contribution in [3.05, 3.63) is 34.1 Å². The summed E-state index contributed by atoms with van der Waals surface area (Å²) >= 11 is 3.50. The fourth-order valence-electron chi connectivity index (χ4n) is 2.09. The third kappa shape index (κ3) is 1.81. The molecule has 0 spiro atoms. The normalized spacial score (nSPS) is 10.8. The van der Waals surface area contributed by atoms with E-state index < -0.39 is 0 Å². The second-order valence-corrected chi connectivity index (χ2v) is 4.97. The lowest BCUT2D eigenvalue weighted by Crippen LogP contribution is -2.04. The van der Waals surface area contributed by atoms with E-state index >= 15 is 0 Å². The van der Waals surface area contributed by atoms with Crippen LogP contribution in [0.3, 0.4) is 0 Å². The lowest BCUT2D eigenvalue weighted by atomic mass is 10.2. The molecule has 0 unspecified atom stereocenters. The molecule has 0 bridgehead atoms. The lowest BCUT2D eigenvalue weighted by molar-refractivity contribution is 0.550. The van der Waals surface area contributed by atoms with Crippen molar-refractivity contribution in [1.29, 1.82) is 5.26 Å². The Morgan fingerprint density at radius 1 is 1.47 bits per heavy atom. The molecule has 4 heteroatoms. The molecule has 2 aromatic rings. The molecule has 0 saturated heterocycles. The van der Waals surface area contributed by atoms with E-state index in [2.05, 4.69) is 40.4 Å². The zero-order valence-corrected chi connectivity index (χ0v) is 11.6. The molecule has 2 aromatic heterocycles. The standard InChI is InChI=1S/C13H13BrN2O/c1-8(2)16-9(3)10(7-15)12(14)13(16)11-5-4-6-17-11/h4-6,8H,1-3H3. The van der Waals surface area contributed by atoms with Crippen molar-refractivity contribution in [1.82, 2.24) is 4.57 Å². The van der Waals surface area contributed by atoms with Crippen LogP contribution in [0, 0.1) is 18.3 Å². The highest BCUT2D eigenvalue weighted by Crippen LogP contribution is 2.37. The Bertz CT molecular complexity index is 574. The van der Waals surface area contributed by atoms with Gasteiger partial charge in [0.2, 0.25) is 0 Å². The average molecular weight is 293 g/mol. The van der Waals surface area contributed by atoms with E-state index in [0.29, 0.717) is 5.56 Å². The number of furan rings is 1. The van der Waals surface area contributed by atoms with Gasteiger partial charge < -0.3 is 8.98 Å². The molecule has 0 saturated carbocycles. The summed E-state index contributed by atoms with van der Waals surface area (Å²) in [5.74, 6) is 0.773. The van der Waals surface area contributed by atoms with Crippen molar-refractivity contribution in [2.75, 3.05) is 0 Å². The summed E-state index contributed by atoms with van der Waals surface area (Å²) in [5, 5.41) is 9.19. The minimum absolute atomic E-state index is 0.272. The first kappa shape index (κ1) is 12.0. The highest BCUT2D eigenvalue weighted by atomic mass is 79.9. The molecule has 2 heterocycles. The minimum atomic E-state index is 0.272. The third-order valence-corrected chi connectivity index (χ3v) is 3.55. The zero-order chi connectivity index (χ0) is 12.6. The van der Waals surface area contributed by atoms with Crippen molar-refractivity contribution in [3.8, 4) is 17.5 Å². The Balaban J connectivity index is 2.79. The number of nitriles is 1. The van der Waals surface area contributed by atoms with Crippen LogP contribution in [0.2, 0.25) is 0 Å². The molecule has 3 nitrogen and oxygen atoms in total. The van der Waals surface area contributed by atoms with E-state index in [9.17, 15) is 5.26 Å². The van der Waals surface area contributed by atoms with Gasteiger partial charge in [0, 0.05) is 11.7 Å². The van der Waals surface area contributed by atoms with E-state index in [0.717, 1.165) is 21.6 Å². The Kier molecular flexibility index (Phi) is 3.12. The number of hydrogen-bond acceptors (Lipinski definition) is 2. The summed E-state index contributed by atoms with van der Waals surface area (Å²) in [6.45, 7) is 6.13. The maximum atomic E-state index is 9.19. The zero-order valence-electron chi connectivity index (χ0n) is 9.99. The van der Waals surface area contributed by atoms with E-state index in [1.165, 1.54) is 0 Å². The molecule has 17 heavy (non-hydrogen) atoms. The Hall–Kier alpha value is -1.47. The van der Waals surface area contributed by atoms with Crippen molar-refractivity contribution in [3.63, 3.8) is 0 Å². The molecule has 0 radical (unpaired) electrons. The highest BCUT2D eigenvalue weighted by molar-refractivity contribution is 9.10. The SMILES string of the molecule is Cc1c(C#N)c(Br)c(-c2ccco2)n1C(C)C. The van der Waals surface area contributed by atoms with E-state index in [1.807, 2.05) is 19.1 Å². The number of nitrogens with zero attached hydrogens (tertiary/aromatic N) is 2. The summed E-state index contributed by atoms with van der Waals surface area (Å²) < 4.78 is 8.36. The van der Waals surface area contributed by atoms with Crippen LogP contribution in [-0.2, 0) is 0 Å². The van der Waals surface area contributed by atoms with Gasteiger partial charge >= 0.3 is 0 Å². The van der Waals surface area contributed by atoms with Crippen LogP contribution in [0.1, 0.15) is 31.1 Å². The predicted molar refractivity (Wildman–Crippen MR) is 69.7 cm³/mol. The van der Waals surface area contributed by atoms with Crippen LogP contribution < -0.4 is 0 Å². The average Bonchev–Trinajstić information content (AvgIpc) is 2.84. The molecule has 0 amide bonds. The summed E-state index contributed by atoms with van der Waals surface area (Å²) in [5.41, 5.74) is 2.56. The second kappa shape index (κ2) is 4.42. The summed E-state index contributed by atoms with van der Waals surface area (Å²) in [7, 11) is 0. The quantitative estimate of drug-likeness (QED) is 0.829. The Labute approximate surface area is 109 Å². The number of rotatable bonds is 2. The third-order valence-electron chi connectivity index (χ3n) is 2.77. The lowest BCUT2D eigenvalue weighted by Gasteiger charge is -2.14. The fraction of sp³-hybridized carbons (Fsp3) is 0.308. The van der Waals surface area contributed by atoms with Crippen molar-refractivity contribution < 1.29 is 4.42 Å². The first-order valence-corrected chi connectivity index (χ1v) is 6.21. The van der Waals surface area contributed by atoms with Gasteiger partial charge in [0.05, 0.1) is 16.3 Å². The minimum Gasteiger partial charge on any atom is -0.463 e. The van der Waals surface area contributed by atoms with E-state index in [1.54, 1.807) is 6.26 Å². The first-order chi connectivity index (χ1) is 8.07. The highest BCUT2D eigenvalue weighted by Gasteiger charge is 2.22. The van der Waals surface area contributed by atoms with E-state index in [-0.39, 0.29) is 6.04 Å². The summed E-state index contributed by atoms with van der Waals surface area (Å²) in [6.07, 6.45) is 1.64. The molecule has 0 aromatic carbocycles. The number of hydrogen-bond donors (Lipinski definition) is 0. The van der Waals surface area contributed by atoms with Gasteiger partial charge in [-0.2, -0.15) is 5.26 Å². The van der Waals surface area contributed by atoms with Gasteiger partial charge in [0.25, 0.3) is 0 Å². The number of aromatic nitrogens is 1. The maximum absolute atomic E-state index is 9.19. The monoisotopic (exact) mass is 292 g/mol. The van der Waals surface area contributed by atoms with Crippen molar-refractivity contribution >= 4 is 15.9 Å². The largest absolute Gasteiger partial charge is 0.463 e. The molecular formula is C13H13BrN2O. The molecule has 0 fully saturated rings. The van der Waals surface area contributed by atoms with Crippen LogP contribution in [0.25, 0.3) is 11.5 Å². The molecule has 2 rings (SSSR count). The first-order valence-electron chi connectivity index (χ1n) is 5.42. The molecule has 0 aliphatic rings. The fourth-order valence-corrected chi connectivity index (χ4v) is 2.85. The molecule has 88 valence electrons. The molecule has 0 aliphatic carbocycles. The van der Waals surface area contributed by atoms with Crippen molar-refractivity contribution in [2.45, 2.75) is 26.8 Å². The van der Waals surface area contributed by atoms with Gasteiger partial charge in [-0.1, -0.05) is 0 Å². The molecule has 0 atom stereocenters. The van der Waals surface area contributed by atoms with Crippen LogP contribution in [-0.4, -0.2) is 4.57 Å². The number of halogens is 1. The van der Waals surface area contributed by atoms with Gasteiger partial charge in [-0.25, -0.2) is 0 Å². The van der Waals surface area contributed by atoms with Crippen LogP contribution in [0.5, 0.6) is 0 Å². The predicted octanol–water partition coefficient (Wildman–Crippen LogP) is 4.27. The van der Waals surface area contributed by atoms with Crippen LogP contribution in [0.15, 0.2) is 27.3 Å². The van der Waals surface area contributed by atoms with Gasteiger partial charge in [-0.15, -0.1) is 0 Å². The maximum Gasteiger partial charge on any atom is 0.151 e. The van der Waals surface area contributed by atoms with Crippen LogP contribution >= 0.6 is 15.9 Å². The van der Waals surface area contributed by atoms with Gasteiger partial charge in [0.15, 0.2) is 5.76 Å². The van der Waals surface area contributed by atoms with Crippen molar-refractivity contribution in [2.24, 2.45) is 0 Å². The summed E-state index contributed by atoms with van der Waals surface area (Å²) in [4.78, 5) is 0. The molecular weight excluding hydrogens is 280 g/mol. The molecule has 0 N–H and O–H groups in total. The Morgan fingerprint density at radius 3 is 2.65 bits per heavy atom. The van der Waals surface area contributed by atoms with E-state index in [4.69, 9.17) is 4.42 Å². The van der Waals surface area contributed by atoms with Gasteiger partial charge in [-0.05, 0) is 48.8 Å². The smallest absolute Gasteiger partial charge is 0.151 e. The second-order valence-electron chi connectivity index (χ2n) is 4.18. The Morgan fingerprint density at radius 2 is 2.18 bits per heavy atom. The molecule has 0 aliphatic heterocycles. The van der Waals surface area contributed by atoms with Crippen LogP contribution in [0.4, 0.5) is 0 Å².